The van der Waals surface area contributed by atoms with Gasteiger partial charge >= 0.3 is 0 Å². The molecule has 0 saturated heterocycles. The Hall–Kier alpha value is -0.970. The molecule has 0 unspecified atom stereocenters. The standard InChI is InChI=1S/C15H18BrF2NO/c1-10-4-5-11(17)12(13(10)18)14(20)19-9-15(8-16)6-2-3-7-15/h4-5H,2-3,6-9H2,1H3,(H,19,20). The Labute approximate surface area is 126 Å². The number of rotatable bonds is 4. The molecule has 0 heterocycles. The molecule has 5 heteroatoms. The molecule has 20 heavy (non-hydrogen) atoms. The third-order valence-electron chi connectivity index (χ3n) is 4.08. The topological polar surface area (TPSA) is 29.1 Å². The molecule has 0 atom stereocenters. The predicted octanol–water partition coefficient (Wildman–Crippen LogP) is 3.96. The van der Waals surface area contributed by atoms with Crippen LogP contribution in [0, 0.1) is 24.0 Å². The van der Waals surface area contributed by atoms with E-state index in [9.17, 15) is 13.6 Å². The van der Waals surface area contributed by atoms with Crippen LogP contribution in [-0.2, 0) is 0 Å². The van der Waals surface area contributed by atoms with Crippen molar-refractivity contribution in [3.05, 3.63) is 34.9 Å². The fourth-order valence-electron chi connectivity index (χ4n) is 2.70. The van der Waals surface area contributed by atoms with Crippen LogP contribution in [0.5, 0.6) is 0 Å². The summed E-state index contributed by atoms with van der Waals surface area (Å²) in [6, 6.07) is 2.46. The van der Waals surface area contributed by atoms with E-state index in [4.69, 9.17) is 0 Å². The zero-order valence-corrected chi connectivity index (χ0v) is 13.0. The van der Waals surface area contributed by atoms with Crippen molar-refractivity contribution in [3.8, 4) is 0 Å². The Morgan fingerprint density at radius 2 is 2.00 bits per heavy atom. The molecule has 2 nitrogen and oxygen atoms in total. The van der Waals surface area contributed by atoms with Gasteiger partial charge in [0.25, 0.3) is 5.91 Å². The van der Waals surface area contributed by atoms with Crippen LogP contribution in [0.1, 0.15) is 41.6 Å². The van der Waals surface area contributed by atoms with Crippen LogP contribution < -0.4 is 5.32 Å². The largest absolute Gasteiger partial charge is 0.351 e. The fourth-order valence-corrected chi connectivity index (χ4v) is 3.46. The number of aryl methyl sites for hydroxylation is 1. The lowest BCUT2D eigenvalue weighted by Gasteiger charge is -2.26. The summed E-state index contributed by atoms with van der Waals surface area (Å²) in [7, 11) is 0. The molecule has 0 aromatic heterocycles. The molecule has 0 spiro atoms. The van der Waals surface area contributed by atoms with Gasteiger partial charge in [0.15, 0.2) is 0 Å². The zero-order chi connectivity index (χ0) is 14.8. The number of benzene rings is 1. The number of hydrogen-bond donors (Lipinski definition) is 1. The van der Waals surface area contributed by atoms with Gasteiger partial charge in [-0.3, -0.25) is 4.79 Å². The molecular formula is C15H18BrF2NO. The molecule has 1 amide bonds. The number of nitrogens with one attached hydrogen (secondary N) is 1. The molecule has 1 aromatic rings. The smallest absolute Gasteiger partial charge is 0.257 e. The molecule has 1 fully saturated rings. The molecule has 1 saturated carbocycles. The highest BCUT2D eigenvalue weighted by atomic mass is 79.9. The molecule has 1 aliphatic carbocycles. The number of alkyl halides is 1. The van der Waals surface area contributed by atoms with E-state index in [1.54, 1.807) is 0 Å². The van der Waals surface area contributed by atoms with Gasteiger partial charge in [-0.1, -0.05) is 34.8 Å². The Bertz CT molecular complexity index is 513. The summed E-state index contributed by atoms with van der Waals surface area (Å²) >= 11 is 3.48. The van der Waals surface area contributed by atoms with E-state index in [-0.39, 0.29) is 11.0 Å². The monoisotopic (exact) mass is 345 g/mol. The van der Waals surface area contributed by atoms with Crippen molar-refractivity contribution in [1.29, 1.82) is 0 Å². The molecule has 1 aromatic carbocycles. The molecular weight excluding hydrogens is 328 g/mol. The normalized spacial score (nSPS) is 17.2. The van der Waals surface area contributed by atoms with Gasteiger partial charge in [0.05, 0.1) is 0 Å². The lowest BCUT2D eigenvalue weighted by atomic mass is 9.88. The first-order valence-electron chi connectivity index (χ1n) is 6.78. The van der Waals surface area contributed by atoms with Gasteiger partial charge in [0.1, 0.15) is 17.2 Å². The van der Waals surface area contributed by atoms with Crippen molar-refractivity contribution in [2.24, 2.45) is 5.41 Å². The van der Waals surface area contributed by atoms with E-state index < -0.39 is 23.1 Å². The van der Waals surface area contributed by atoms with E-state index >= 15 is 0 Å². The van der Waals surface area contributed by atoms with Crippen molar-refractivity contribution >= 4 is 21.8 Å². The highest BCUT2D eigenvalue weighted by Crippen LogP contribution is 2.39. The third-order valence-corrected chi connectivity index (χ3v) is 5.27. The molecule has 1 aliphatic rings. The molecule has 0 aliphatic heterocycles. The second-order valence-corrected chi connectivity index (χ2v) is 6.14. The fraction of sp³-hybridized carbons (Fsp3) is 0.533. The summed E-state index contributed by atoms with van der Waals surface area (Å²) in [5.41, 5.74) is -0.188. The summed E-state index contributed by atoms with van der Waals surface area (Å²) in [4.78, 5) is 12.0. The summed E-state index contributed by atoms with van der Waals surface area (Å²) in [5.74, 6) is -2.26. The maximum atomic E-state index is 13.9. The van der Waals surface area contributed by atoms with Gasteiger partial charge < -0.3 is 5.32 Å². The number of halogens is 3. The summed E-state index contributed by atoms with van der Waals surface area (Å²) in [6.07, 6.45) is 4.32. The molecule has 0 radical (unpaired) electrons. The highest BCUT2D eigenvalue weighted by molar-refractivity contribution is 9.09. The number of carbonyl (C=O) groups is 1. The first-order chi connectivity index (χ1) is 9.49. The Morgan fingerprint density at radius 3 is 2.60 bits per heavy atom. The first kappa shape index (κ1) is 15.4. The van der Waals surface area contributed by atoms with Gasteiger partial charge in [-0.25, -0.2) is 8.78 Å². The molecule has 110 valence electrons. The zero-order valence-electron chi connectivity index (χ0n) is 11.4. The van der Waals surface area contributed by atoms with E-state index in [1.807, 2.05) is 0 Å². The van der Waals surface area contributed by atoms with Crippen LogP contribution in [0.3, 0.4) is 0 Å². The minimum atomic E-state index is -0.815. The van der Waals surface area contributed by atoms with Crippen molar-refractivity contribution in [2.75, 3.05) is 11.9 Å². The summed E-state index contributed by atoms with van der Waals surface area (Å²) in [5, 5.41) is 3.48. The van der Waals surface area contributed by atoms with E-state index in [0.29, 0.717) is 6.54 Å². The van der Waals surface area contributed by atoms with Crippen molar-refractivity contribution in [1.82, 2.24) is 5.32 Å². The summed E-state index contributed by atoms with van der Waals surface area (Å²) in [6.45, 7) is 1.96. The average molecular weight is 346 g/mol. The Morgan fingerprint density at radius 1 is 1.35 bits per heavy atom. The van der Waals surface area contributed by atoms with Crippen molar-refractivity contribution in [3.63, 3.8) is 0 Å². The quantitative estimate of drug-likeness (QED) is 0.822. The number of hydrogen-bond acceptors (Lipinski definition) is 1. The predicted molar refractivity (Wildman–Crippen MR) is 78.1 cm³/mol. The summed E-state index contributed by atoms with van der Waals surface area (Å²) < 4.78 is 27.5. The third kappa shape index (κ3) is 3.03. The number of amides is 1. The van der Waals surface area contributed by atoms with Crippen LogP contribution in [0.4, 0.5) is 8.78 Å². The first-order valence-corrected chi connectivity index (χ1v) is 7.90. The minimum Gasteiger partial charge on any atom is -0.351 e. The van der Waals surface area contributed by atoms with Crippen LogP contribution in [0.25, 0.3) is 0 Å². The van der Waals surface area contributed by atoms with E-state index in [1.165, 1.54) is 13.0 Å². The van der Waals surface area contributed by atoms with Gasteiger partial charge in [0.2, 0.25) is 0 Å². The van der Waals surface area contributed by atoms with Crippen LogP contribution >= 0.6 is 15.9 Å². The molecule has 1 N–H and O–H groups in total. The van der Waals surface area contributed by atoms with E-state index in [2.05, 4.69) is 21.2 Å². The molecule has 2 rings (SSSR count). The lowest BCUT2D eigenvalue weighted by Crippen LogP contribution is -2.37. The van der Waals surface area contributed by atoms with Crippen LogP contribution in [0.2, 0.25) is 0 Å². The van der Waals surface area contributed by atoms with Gasteiger partial charge in [-0.2, -0.15) is 0 Å². The Balaban J connectivity index is 2.11. The average Bonchev–Trinajstić information content (AvgIpc) is 2.91. The SMILES string of the molecule is Cc1ccc(F)c(C(=O)NCC2(CBr)CCCC2)c1F. The van der Waals surface area contributed by atoms with Gasteiger partial charge in [-0.15, -0.1) is 0 Å². The highest BCUT2D eigenvalue weighted by Gasteiger charge is 2.33. The maximum Gasteiger partial charge on any atom is 0.257 e. The van der Waals surface area contributed by atoms with E-state index in [0.717, 1.165) is 37.1 Å². The van der Waals surface area contributed by atoms with Gasteiger partial charge in [0, 0.05) is 11.9 Å². The van der Waals surface area contributed by atoms with Gasteiger partial charge in [-0.05, 0) is 36.8 Å². The second-order valence-electron chi connectivity index (χ2n) is 5.58. The Kier molecular flexibility index (Phi) is 4.78. The van der Waals surface area contributed by atoms with Crippen molar-refractivity contribution < 1.29 is 13.6 Å². The maximum absolute atomic E-state index is 13.9. The second kappa shape index (κ2) is 6.20. The molecule has 0 bridgehead atoms. The lowest BCUT2D eigenvalue weighted by molar-refractivity contribution is 0.0927. The number of carbonyl (C=O) groups excluding carboxylic acids is 1. The van der Waals surface area contributed by atoms with Crippen molar-refractivity contribution in [2.45, 2.75) is 32.6 Å². The van der Waals surface area contributed by atoms with Crippen LogP contribution in [-0.4, -0.2) is 17.8 Å². The minimum absolute atomic E-state index is 0.0203. The van der Waals surface area contributed by atoms with Crippen LogP contribution in [0.15, 0.2) is 12.1 Å².